The van der Waals surface area contributed by atoms with Crippen molar-refractivity contribution in [2.75, 3.05) is 6.61 Å². The van der Waals surface area contributed by atoms with Crippen LogP contribution in [0.4, 0.5) is 0 Å². The third-order valence-electron chi connectivity index (χ3n) is 3.06. The first-order chi connectivity index (χ1) is 9.67. The van der Waals surface area contributed by atoms with Gasteiger partial charge in [0.15, 0.2) is 0 Å². The van der Waals surface area contributed by atoms with Crippen LogP contribution in [0.1, 0.15) is 18.2 Å². The second-order valence-electron chi connectivity index (χ2n) is 4.65. The summed E-state index contributed by atoms with van der Waals surface area (Å²) in [6, 6.07) is 0. The Labute approximate surface area is 130 Å². The van der Waals surface area contributed by atoms with Gasteiger partial charge in [0.05, 0.1) is 20.5 Å². The average Bonchev–Trinajstić information content (AvgIpc) is 2.72. The SMILES string of the molecule is Cc1cn(C2CC(O)C(COP(=O)([O-])[O-])O2)c(=O)[nH]c1=O.[NH4+].[NH4+]. The molecule has 0 aliphatic carbocycles. The molecule has 0 aromatic carbocycles. The van der Waals surface area contributed by atoms with Gasteiger partial charge in [-0.15, -0.1) is 0 Å². The number of aromatic amines is 1. The number of phosphoric ester groups is 1. The van der Waals surface area contributed by atoms with E-state index in [1.54, 1.807) is 0 Å². The van der Waals surface area contributed by atoms with Crippen LogP contribution >= 0.6 is 7.82 Å². The first-order valence-corrected chi connectivity index (χ1v) is 7.45. The maximum absolute atomic E-state index is 11.7. The van der Waals surface area contributed by atoms with Crippen molar-refractivity contribution in [3.8, 4) is 0 Å². The zero-order valence-electron chi connectivity index (χ0n) is 12.9. The fourth-order valence-corrected chi connectivity index (χ4v) is 2.33. The number of aliphatic hydroxyl groups excluding tert-OH is 1. The van der Waals surface area contributed by atoms with Gasteiger partial charge in [-0.1, -0.05) is 0 Å². The molecule has 1 aromatic rings. The number of H-pyrrole nitrogens is 1. The average molecular weight is 356 g/mol. The summed E-state index contributed by atoms with van der Waals surface area (Å²) in [6.45, 7) is 0.852. The molecule has 134 valence electrons. The highest BCUT2D eigenvalue weighted by molar-refractivity contribution is 7.43. The standard InChI is InChI=1S/C10H15N2O8P.2H3N/c1-5-3-12(10(15)11-9(5)14)8-2-6(13)7(20-8)4-19-21(16,17)18;;/h3,6-8,13H,2,4H2,1H3,(H,11,14,15)(H2,16,17,18);2*1H3. The molecule has 13 heteroatoms. The lowest BCUT2D eigenvalue weighted by atomic mass is 10.2. The van der Waals surface area contributed by atoms with Crippen LogP contribution in [0.25, 0.3) is 0 Å². The number of hydrogen-bond donors (Lipinski definition) is 4. The maximum atomic E-state index is 11.7. The highest BCUT2D eigenvalue weighted by Crippen LogP contribution is 2.31. The molecular formula is C10H21N4O8P. The van der Waals surface area contributed by atoms with Crippen molar-refractivity contribution in [2.24, 2.45) is 0 Å². The third kappa shape index (κ3) is 5.34. The fourth-order valence-electron chi connectivity index (χ4n) is 2.00. The zero-order valence-corrected chi connectivity index (χ0v) is 13.8. The quantitative estimate of drug-likeness (QED) is 0.443. The number of rotatable bonds is 4. The topological polar surface area (TPSA) is 230 Å². The van der Waals surface area contributed by atoms with E-state index in [2.05, 4.69) is 9.51 Å². The van der Waals surface area contributed by atoms with Crippen molar-refractivity contribution in [3.05, 3.63) is 32.6 Å². The Morgan fingerprint density at radius 1 is 1.48 bits per heavy atom. The molecule has 1 aliphatic rings. The number of nitrogens with one attached hydrogen (secondary N) is 1. The van der Waals surface area contributed by atoms with Gasteiger partial charge in [-0.2, -0.15) is 0 Å². The van der Waals surface area contributed by atoms with E-state index in [1.807, 2.05) is 0 Å². The van der Waals surface area contributed by atoms with E-state index in [9.17, 15) is 29.0 Å². The lowest BCUT2D eigenvalue weighted by Gasteiger charge is -2.30. The van der Waals surface area contributed by atoms with Gasteiger partial charge in [-0.05, 0) is 6.92 Å². The summed E-state index contributed by atoms with van der Waals surface area (Å²) in [5, 5.41) is 9.75. The second-order valence-corrected chi connectivity index (χ2v) is 5.81. The van der Waals surface area contributed by atoms with Crippen LogP contribution in [0.2, 0.25) is 0 Å². The van der Waals surface area contributed by atoms with E-state index >= 15 is 0 Å². The number of quaternary nitrogens is 2. The monoisotopic (exact) mass is 356 g/mol. The molecule has 1 saturated heterocycles. The van der Waals surface area contributed by atoms with Gasteiger partial charge < -0.3 is 41.0 Å². The molecule has 10 N–H and O–H groups in total. The summed E-state index contributed by atoms with van der Waals surface area (Å²) in [5.74, 6) is 0. The van der Waals surface area contributed by atoms with E-state index in [0.717, 1.165) is 4.57 Å². The molecule has 0 amide bonds. The van der Waals surface area contributed by atoms with E-state index in [-0.39, 0.29) is 24.3 Å². The molecule has 1 aliphatic heterocycles. The summed E-state index contributed by atoms with van der Waals surface area (Å²) in [7, 11) is -5.17. The predicted octanol–water partition coefficient (Wildman–Crippen LogP) is -1.91. The Hall–Kier alpha value is -1.37. The Bertz CT molecular complexity index is 682. The highest BCUT2D eigenvalue weighted by atomic mass is 31.2. The summed E-state index contributed by atoms with van der Waals surface area (Å²) in [4.78, 5) is 45.8. The van der Waals surface area contributed by atoms with Gasteiger partial charge >= 0.3 is 5.69 Å². The van der Waals surface area contributed by atoms with Crippen molar-refractivity contribution >= 4 is 7.82 Å². The van der Waals surface area contributed by atoms with Gasteiger partial charge in [0.1, 0.15) is 12.3 Å². The molecule has 1 aromatic heterocycles. The minimum absolute atomic E-state index is 0. The second kappa shape index (κ2) is 7.95. The molecule has 0 saturated carbocycles. The summed E-state index contributed by atoms with van der Waals surface area (Å²) in [5.41, 5.74) is -0.980. The number of ether oxygens (including phenoxy) is 1. The molecule has 3 unspecified atom stereocenters. The summed E-state index contributed by atoms with van der Waals surface area (Å²) >= 11 is 0. The fraction of sp³-hybridized carbons (Fsp3) is 0.600. The number of aliphatic hydroxyl groups is 1. The van der Waals surface area contributed by atoms with Crippen LogP contribution in [0, 0.1) is 6.92 Å². The first kappa shape index (κ1) is 21.6. The lowest BCUT2D eigenvalue weighted by Crippen LogP contribution is -2.33. The molecular weight excluding hydrogens is 335 g/mol. The van der Waals surface area contributed by atoms with Crippen molar-refractivity contribution in [2.45, 2.75) is 31.8 Å². The number of phosphoric acid groups is 1. The Kier molecular flexibility index (Phi) is 7.47. The predicted molar refractivity (Wildman–Crippen MR) is 76.1 cm³/mol. The van der Waals surface area contributed by atoms with Crippen LogP contribution in [-0.2, 0) is 13.8 Å². The minimum atomic E-state index is -5.17. The highest BCUT2D eigenvalue weighted by Gasteiger charge is 2.35. The Morgan fingerprint density at radius 2 is 2.09 bits per heavy atom. The normalized spacial score (nSPS) is 23.9. The zero-order chi connectivity index (χ0) is 15.8. The molecule has 1 fully saturated rings. The van der Waals surface area contributed by atoms with E-state index in [1.165, 1.54) is 13.1 Å². The van der Waals surface area contributed by atoms with Crippen molar-refractivity contribution < 1.29 is 28.7 Å². The smallest absolute Gasteiger partial charge is 0.330 e. The summed E-state index contributed by atoms with van der Waals surface area (Å²) < 4.78 is 20.8. The molecule has 2 rings (SSSR count). The molecule has 0 radical (unpaired) electrons. The van der Waals surface area contributed by atoms with E-state index in [4.69, 9.17) is 4.74 Å². The lowest BCUT2D eigenvalue weighted by molar-refractivity contribution is -0.343. The molecule has 12 nitrogen and oxygen atoms in total. The van der Waals surface area contributed by atoms with Crippen LogP contribution in [0.15, 0.2) is 15.8 Å². The van der Waals surface area contributed by atoms with Crippen LogP contribution in [0.3, 0.4) is 0 Å². The largest absolute Gasteiger partial charge is 0.790 e. The van der Waals surface area contributed by atoms with Crippen molar-refractivity contribution in [1.29, 1.82) is 0 Å². The minimum Gasteiger partial charge on any atom is -0.790 e. The number of hydrogen-bond acceptors (Lipinski definition) is 8. The molecule has 2 heterocycles. The van der Waals surface area contributed by atoms with E-state index in [0.29, 0.717) is 0 Å². The van der Waals surface area contributed by atoms with Crippen LogP contribution in [-0.4, -0.2) is 33.5 Å². The number of nitrogens with zero attached hydrogens (tertiary/aromatic N) is 1. The van der Waals surface area contributed by atoms with Gasteiger partial charge in [-0.25, -0.2) is 4.79 Å². The van der Waals surface area contributed by atoms with Crippen LogP contribution in [0.5, 0.6) is 0 Å². The Balaban J connectivity index is 0.00000242. The number of aryl methyl sites for hydroxylation is 1. The van der Waals surface area contributed by atoms with Gasteiger partial charge in [0, 0.05) is 18.2 Å². The van der Waals surface area contributed by atoms with Gasteiger partial charge in [0.2, 0.25) is 0 Å². The molecule has 0 bridgehead atoms. The Morgan fingerprint density at radius 3 is 2.65 bits per heavy atom. The van der Waals surface area contributed by atoms with Gasteiger partial charge in [0.25, 0.3) is 5.56 Å². The molecule has 0 spiro atoms. The number of aromatic nitrogens is 2. The van der Waals surface area contributed by atoms with Crippen molar-refractivity contribution in [1.82, 2.24) is 21.9 Å². The maximum Gasteiger partial charge on any atom is 0.330 e. The van der Waals surface area contributed by atoms with Crippen molar-refractivity contribution in [3.63, 3.8) is 0 Å². The molecule has 3 atom stereocenters. The molecule has 23 heavy (non-hydrogen) atoms. The van der Waals surface area contributed by atoms with Gasteiger partial charge in [-0.3, -0.25) is 14.3 Å². The van der Waals surface area contributed by atoms with E-state index < -0.39 is 44.1 Å². The third-order valence-corrected chi connectivity index (χ3v) is 3.52. The van der Waals surface area contributed by atoms with Crippen LogP contribution < -0.4 is 33.3 Å². The summed E-state index contributed by atoms with van der Waals surface area (Å²) in [6.07, 6.45) is -1.81. The first-order valence-electron chi connectivity index (χ1n) is 5.99.